The lowest BCUT2D eigenvalue weighted by molar-refractivity contribution is 0.0943. The fourth-order valence-electron chi connectivity index (χ4n) is 1.79. The zero-order valence-corrected chi connectivity index (χ0v) is 10.9. The van der Waals surface area contributed by atoms with Crippen LogP contribution in [0.15, 0.2) is 12.3 Å². The molecule has 0 aliphatic rings. The smallest absolute Gasteiger partial charge is 0.267 e. The highest BCUT2D eigenvalue weighted by Crippen LogP contribution is 2.11. The van der Waals surface area contributed by atoms with Crippen LogP contribution in [0.2, 0.25) is 0 Å². The van der Waals surface area contributed by atoms with Crippen molar-refractivity contribution in [2.45, 2.75) is 39.2 Å². The minimum absolute atomic E-state index is 0.0687. The van der Waals surface area contributed by atoms with Gasteiger partial charge in [-0.3, -0.25) is 4.79 Å². The third-order valence-corrected chi connectivity index (χ3v) is 2.65. The molecule has 4 heteroatoms. The van der Waals surface area contributed by atoms with E-state index in [1.54, 1.807) is 12.3 Å². The second-order valence-corrected chi connectivity index (χ2v) is 4.27. The van der Waals surface area contributed by atoms with E-state index < -0.39 is 0 Å². The molecule has 1 aromatic heterocycles. The number of carbonyl (C=O) groups excluding carboxylic acids is 1. The van der Waals surface area contributed by atoms with E-state index in [1.165, 1.54) is 0 Å². The molecule has 0 fully saturated rings. The van der Waals surface area contributed by atoms with Gasteiger partial charge >= 0.3 is 0 Å². The van der Waals surface area contributed by atoms with Gasteiger partial charge in [0.2, 0.25) is 0 Å². The number of nitrogens with zero attached hydrogens (tertiary/aromatic N) is 1. The Hall–Kier alpha value is -1.89. The quantitative estimate of drug-likeness (QED) is 0.572. The van der Waals surface area contributed by atoms with Gasteiger partial charge in [-0.25, -0.2) is 0 Å². The first-order chi connectivity index (χ1) is 8.69. The lowest BCUT2D eigenvalue weighted by Gasteiger charge is -2.08. The van der Waals surface area contributed by atoms with Gasteiger partial charge < -0.3 is 15.6 Å². The van der Waals surface area contributed by atoms with Crippen molar-refractivity contribution < 1.29 is 4.79 Å². The molecule has 0 saturated heterocycles. The highest BCUT2D eigenvalue weighted by atomic mass is 16.1. The second-order valence-electron chi connectivity index (χ2n) is 4.27. The van der Waals surface area contributed by atoms with Crippen LogP contribution in [0.4, 0.5) is 5.69 Å². The van der Waals surface area contributed by atoms with Crippen LogP contribution in [0.5, 0.6) is 0 Å². The molecule has 98 valence electrons. The minimum Gasteiger partial charge on any atom is -0.397 e. The van der Waals surface area contributed by atoms with Crippen molar-refractivity contribution >= 4 is 11.6 Å². The average Bonchev–Trinajstić information content (AvgIpc) is 2.70. The van der Waals surface area contributed by atoms with Crippen LogP contribution in [0.1, 0.15) is 43.1 Å². The van der Waals surface area contributed by atoms with Crippen LogP contribution in [0.25, 0.3) is 0 Å². The molecule has 0 atom stereocenters. The van der Waals surface area contributed by atoms with Gasteiger partial charge in [-0.2, -0.15) is 0 Å². The van der Waals surface area contributed by atoms with E-state index in [0.29, 0.717) is 17.9 Å². The highest BCUT2D eigenvalue weighted by Gasteiger charge is 2.11. The molecule has 0 radical (unpaired) electrons. The number of nitrogen functional groups attached to an aromatic ring is 1. The number of anilines is 1. The van der Waals surface area contributed by atoms with Gasteiger partial charge in [0, 0.05) is 25.7 Å². The largest absolute Gasteiger partial charge is 0.397 e. The first-order valence-electron chi connectivity index (χ1n) is 6.36. The molecular formula is C14H21N3O. The Bertz CT molecular complexity index is 429. The molecule has 0 spiro atoms. The predicted molar refractivity (Wildman–Crippen MR) is 74.2 cm³/mol. The molecule has 1 rings (SSSR count). The van der Waals surface area contributed by atoms with Gasteiger partial charge in [-0.05, 0) is 25.3 Å². The van der Waals surface area contributed by atoms with E-state index in [0.717, 1.165) is 32.2 Å². The molecule has 1 amide bonds. The first kappa shape index (κ1) is 14.2. The number of amides is 1. The van der Waals surface area contributed by atoms with Gasteiger partial charge in [0.1, 0.15) is 5.69 Å². The van der Waals surface area contributed by atoms with E-state index in [-0.39, 0.29) is 5.91 Å². The fourth-order valence-corrected chi connectivity index (χ4v) is 1.79. The molecule has 0 aliphatic heterocycles. The molecule has 0 saturated carbocycles. The molecule has 1 heterocycles. The summed E-state index contributed by atoms with van der Waals surface area (Å²) >= 11 is 0. The summed E-state index contributed by atoms with van der Waals surface area (Å²) in [6.07, 6.45) is 10.5. The van der Waals surface area contributed by atoms with Crippen LogP contribution < -0.4 is 11.1 Å². The van der Waals surface area contributed by atoms with Crippen LogP contribution in [0, 0.1) is 12.3 Å². The SMILES string of the molecule is C#CCCCCNC(=O)c1cc(N)cn1CCC. The van der Waals surface area contributed by atoms with Gasteiger partial charge in [0.05, 0.1) is 5.69 Å². The second kappa shape index (κ2) is 7.44. The zero-order valence-electron chi connectivity index (χ0n) is 10.9. The summed E-state index contributed by atoms with van der Waals surface area (Å²) in [4.78, 5) is 12.0. The maximum absolute atomic E-state index is 12.0. The van der Waals surface area contributed by atoms with Gasteiger partial charge in [-0.1, -0.05) is 6.92 Å². The normalized spacial score (nSPS) is 10.0. The van der Waals surface area contributed by atoms with E-state index in [1.807, 2.05) is 4.57 Å². The lowest BCUT2D eigenvalue weighted by atomic mass is 10.2. The summed E-state index contributed by atoms with van der Waals surface area (Å²) in [7, 11) is 0. The lowest BCUT2D eigenvalue weighted by Crippen LogP contribution is -2.26. The Kier molecular flexibility index (Phi) is 5.86. The Labute approximate surface area is 109 Å². The summed E-state index contributed by atoms with van der Waals surface area (Å²) in [5.74, 6) is 2.51. The van der Waals surface area contributed by atoms with Crippen LogP contribution in [0.3, 0.4) is 0 Å². The van der Waals surface area contributed by atoms with E-state index in [4.69, 9.17) is 12.2 Å². The number of nitrogens with two attached hydrogens (primary N) is 1. The number of rotatable bonds is 7. The van der Waals surface area contributed by atoms with Gasteiger partial charge in [0.15, 0.2) is 0 Å². The van der Waals surface area contributed by atoms with Crippen LogP contribution in [-0.4, -0.2) is 17.0 Å². The van der Waals surface area contributed by atoms with Crippen LogP contribution in [-0.2, 0) is 6.54 Å². The number of aromatic nitrogens is 1. The zero-order chi connectivity index (χ0) is 13.4. The molecular weight excluding hydrogens is 226 g/mol. The number of hydrogen-bond donors (Lipinski definition) is 2. The van der Waals surface area contributed by atoms with Crippen molar-refractivity contribution in [2.75, 3.05) is 12.3 Å². The van der Waals surface area contributed by atoms with Crippen molar-refractivity contribution in [3.63, 3.8) is 0 Å². The standard InChI is InChI=1S/C14H21N3O/c1-3-5-6-7-8-16-14(18)13-10-12(15)11-17(13)9-4-2/h1,10-11H,4-9,15H2,2H3,(H,16,18). The third-order valence-electron chi connectivity index (χ3n) is 2.65. The molecule has 0 aliphatic carbocycles. The molecule has 18 heavy (non-hydrogen) atoms. The summed E-state index contributed by atoms with van der Waals surface area (Å²) in [6, 6.07) is 1.71. The molecule has 1 aromatic rings. The van der Waals surface area contributed by atoms with Crippen molar-refractivity contribution in [3.8, 4) is 12.3 Å². The number of aryl methyl sites for hydroxylation is 1. The Morgan fingerprint density at radius 3 is 3.00 bits per heavy atom. The van der Waals surface area contributed by atoms with E-state index in [9.17, 15) is 4.79 Å². The van der Waals surface area contributed by atoms with Gasteiger partial charge in [0.25, 0.3) is 5.91 Å². The summed E-state index contributed by atoms with van der Waals surface area (Å²) in [5, 5.41) is 2.89. The Morgan fingerprint density at radius 1 is 1.56 bits per heavy atom. The topological polar surface area (TPSA) is 60.1 Å². The molecule has 4 nitrogen and oxygen atoms in total. The van der Waals surface area contributed by atoms with Gasteiger partial charge in [-0.15, -0.1) is 12.3 Å². The highest BCUT2D eigenvalue weighted by molar-refractivity contribution is 5.93. The first-order valence-corrected chi connectivity index (χ1v) is 6.36. The number of carbonyl (C=O) groups is 1. The molecule has 0 bridgehead atoms. The molecule has 0 aromatic carbocycles. The summed E-state index contributed by atoms with van der Waals surface area (Å²) in [5.41, 5.74) is 6.98. The fraction of sp³-hybridized carbons (Fsp3) is 0.500. The number of terminal acetylenes is 1. The monoisotopic (exact) mass is 247 g/mol. The third kappa shape index (κ3) is 4.17. The summed E-state index contributed by atoms with van der Waals surface area (Å²) in [6.45, 7) is 3.52. The molecule has 3 N–H and O–H groups in total. The Morgan fingerprint density at radius 2 is 2.33 bits per heavy atom. The van der Waals surface area contributed by atoms with E-state index >= 15 is 0 Å². The number of nitrogens with one attached hydrogen (secondary N) is 1. The van der Waals surface area contributed by atoms with E-state index in [2.05, 4.69) is 18.2 Å². The molecule has 0 unspecified atom stereocenters. The Balaban J connectivity index is 2.48. The van der Waals surface area contributed by atoms with Crippen LogP contribution >= 0.6 is 0 Å². The minimum atomic E-state index is -0.0687. The maximum atomic E-state index is 12.0. The van der Waals surface area contributed by atoms with Crippen molar-refractivity contribution in [1.82, 2.24) is 9.88 Å². The number of hydrogen-bond acceptors (Lipinski definition) is 2. The number of unbranched alkanes of at least 4 members (excludes halogenated alkanes) is 2. The van der Waals surface area contributed by atoms with Crippen molar-refractivity contribution in [1.29, 1.82) is 0 Å². The average molecular weight is 247 g/mol. The summed E-state index contributed by atoms with van der Waals surface area (Å²) < 4.78 is 1.89. The predicted octanol–water partition coefficient (Wildman–Crippen LogP) is 2.01. The van der Waals surface area contributed by atoms with Crippen molar-refractivity contribution in [2.24, 2.45) is 0 Å². The maximum Gasteiger partial charge on any atom is 0.267 e. The van der Waals surface area contributed by atoms with Crippen molar-refractivity contribution in [3.05, 3.63) is 18.0 Å².